The van der Waals surface area contributed by atoms with Crippen molar-refractivity contribution in [3.8, 4) is 5.75 Å². The minimum absolute atomic E-state index is 0.0411. The molecule has 3 nitrogen and oxygen atoms in total. The molecule has 5 heteroatoms. The molecular formula is C13H17ClFNO2. The normalized spacial score (nSPS) is 13.0. The lowest BCUT2D eigenvalue weighted by molar-refractivity contribution is 0.0912. The molecule has 0 aromatic heterocycles. The number of rotatable bonds is 4. The van der Waals surface area contributed by atoms with Crippen LogP contribution in [0.4, 0.5) is 4.39 Å². The molecule has 0 aliphatic heterocycles. The Morgan fingerprint density at radius 2 is 2.11 bits per heavy atom. The van der Waals surface area contributed by atoms with Crippen molar-refractivity contribution in [2.45, 2.75) is 31.7 Å². The Balaban J connectivity index is 2.92. The van der Waals surface area contributed by atoms with Crippen LogP contribution in [0.25, 0.3) is 0 Å². The van der Waals surface area contributed by atoms with Gasteiger partial charge in [-0.15, -0.1) is 11.6 Å². The Morgan fingerprint density at radius 1 is 1.50 bits per heavy atom. The van der Waals surface area contributed by atoms with Crippen molar-refractivity contribution < 1.29 is 13.9 Å². The van der Waals surface area contributed by atoms with Gasteiger partial charge in [0.2, 0.25) is 0 Å². The van der Waals surface area contributed by atoms with Crippen LogP contribution in [0.3, 0.4) is 0 Å². The molecule has 0 aliphatic carbocycles. The van der Waals surface area contributed by atoms with Crippen LogP contribution in [-0.4, -0.2) is 23.9 Å². The highest BCUT2D eigenvalue weighted by Gasteiger charge is 2.26. The molecule has 0 fully saturated rings. The van der Waals surface area contributed by atoms with Gasteiger partial charge in [-0.25, -0.2) is 4.39 Å². The second kappa shape index (κ2) is 5.57. The fourth-order valence-electron chi connectivity index (χ4n) is 1.27. The van der Waals surface area contributed by atoms with Crippen molar-refractivity contribution in [3.05, 3.63) is 29.6 Å². The first-order chi connectivity index (χ1) is 8.27. The van der Waals surface area contributed by atoms with Gasteiger partial charge in [0.1, 0.15) is 0 Å². The lowest BCUT2D eigenvalue weighted by Gasteiger charge is -2.29. The minimum Gasteiger partial charge on any atom is -0.494 e. The number of methoxy groups -OCH3 is 1. The van der Waals surface area contributed by atoms with E-state index >= 15 is 0 Å². The first-order valence-electron chi connectivity index (χ1n) is 5.58. The summed E-state index contributed by atoms with van der Waals surface area (Å²) in [6, 6.07) is 3.96. The van der Waals surface area contributed by atoms with Gasteiger partial charge in [-0.2, -0.15) is 0 Å². The van der Waals surface area contributed by atoms with Crippen molar-refractivity contribution in [3.63, 3.8) is 0 Å². The van der Waals surface area contributed by atoms with Gasteiger partial charge in [0, 0.05) is 5.56 Å². The fourth-order valence-corrected chi connectivity index (χ4v) is 1.32. The lowest BCUT2D eigenvalue weighted by atomic mass is 10.0. The Labute approximate surface area is 111 Å². The maximum atomic E-state index is 13.2. The summed E-state index contributed by atoms with van der Waals surface area (Å²) in [4.78, 5) is 12.0. The molecule has 100 valence electrons. The van der Waals surface area contributed by atoms with Crippen LogP contribution >= 0.6 is 11.6 Å². The van der Waals surface area contributed by atoms with E-state index in [-0.39, 0.29) is 17.0 Å². The number of carbonyl (C=O) groups is 1. The van der Waals surface area contributed by atoms with Gasteiger partial charge < -0.3 is 10.1 Å². The summed E-state index contributed by atoms with van der Waals surface area (Å²) in [5, 5.41) is 2.56. The molecule has 0 bridgehead atoms. The summed E-state index contributed by atoms with van der Waals surface area (Å²) in [5.41, 5.74) is -0.223. The number of halogens is 2. The van der Waals surface area contributed by atoms with Crippen molar-refractivity contribution in [2.75, 3.05) is 7.11 Å². The van der Waals surface area contributed by atoms with E-state index in [1.54, 1.807) is 6.92 Å². The van der Waals surface area contributed by atoms with Crippen molar-refractivity contribution in [2.24, 2.45) is 0 Å². The van der Waals surface area contributed by atoms with E-state index in [9.17, 15) is 9.18 Å². The molecule has 0 heterocycles. The van der Waals surface area contributed by atoms with Gasteiger partial charge in [-0.1, -0.05) is 0 Å². The van der Waals surface area contributed by atoms with E-state index in [2.05, 4.69) is 5.32 Å². The molecule has 0 saturated heterocycles. The van der Waals surface area contributed by atoms with Gasteiger partial charge in [0.05, 0.1) is 18.0 Å². The second-order valence-corrected chi connectivity index (χ2v) is 5.30. The predicted molar refractivity (Wildman–Crippen MR) is 69.8 cm³/mol. The largest absolute Gasteiger partial charge is 0.494 e. The monoisotopic (exact) mass is 273 g/mol. The molecule has 0 aliphatic rings. The van der Waals surface area contributed by atoms with E-state index in [4.69, 9.17) is 16.3 Å². The van der Waals surface area contributed by atoms with Crippen LogP contribution in [0.2, 0.25) is 0 Å². The highest BCUT2D eigenvalue weighted by Crippen LogP contribution is 2.20. The van der Waals surface area contributed by atoms with Crippen LogP contribution in [0, 0.1) is 5.82 Å². The first-order valence-corrected chi connectivity index (χ1v) is 6.01. The Morgan fingerprint density at radius 3 is 2.61 bits per heavy atom. The lowest BCUT2D eigenvalue weighted by Crippen LogP contribution is -2.49. The smallest absolute Gasteiger partial charge is 0.251 e. The summed E-state index contributed by atoms with van der Waals surface area (Å²) < 4.78 is 18.1. The van der Waals surface area contributed by atoms with Crippen molar-refractivity contribution in [1.82, 2.24) is 5.32 Å². The summed E-state index contributed by atoms with van der Waals surface area (Å²) in [7, 11) is 1.35. The molecule has 18 heavy (non-hydrogen) atoms. The summed E-state index contributed by atoms with van der Waals surface area (Å²) in [5.74, 6) is -0.774. The number of carbonyl (C=O) groups excluding carboxylic acids is 1. The standard InChI is InChI=1S/C13H17ClFNO2/c1-8(14)13(2,3)16-12(17)9-5-6-10(15)11(7-9)18-4/h5-8H,1-4H3,(H,16,17). The van der Waals surface area contributed by atoms with Crippen LogP contribution < -0.4 is 10.1 Å². The third-order valence-corrected chi connectivity index (χ3v) is 3.39. The fraction of sp³-hybridized carbons (Fsp3) is 0.462. The minimum atomic E-state index is -0.555. The SMILES string of the molecule is COc1cc(C(=O)NC(C)(C)C(C)Cl)ccc1F. The number of benzene rings is 1. The molecular weight excluding hydrogens is 257 g/mol. The van der Waals surface area contributed by atoms with E-state index < -0.39 is 11.4 Å². The van der Waals surface area contributed by atoms with Gasteiger partial charge in [0.25, 0.3) is 5.91 Å². The topological polar surface area (TPSA) is 38.3 Å². The summed E-state index contributed by atoms with van der Waals surface area (Å²) in [6.07, 6.45) is 0. The van der Waals surface area contributed by atoms with Crippen molar-refractivity contribution >= 4 is 17.5 Å². The molecule has 1 amide bonds. The van der Waals surface area contributed by atoms with Gasteiger partial charge >= 0.3 is 0 Å². The maximum absolute atomic E-state index is 13.2. The van der Waals surface area contributed by atoms with E-state index in [0.29, 0.717) is 5.56 Å². The first kappa shape index (κ1) is 14.8. The number of hydrogen-bond acceptors (Lipinski definition) is 2. The molecule has 0 spiro atoms. The zero-order valence-electron chi connectivity index (χ0n) is 10.9. The molecule has 1 aromatic carbocycles. The predicted octanol–water partition coefficient (Wildman–Crippen LogP) is 2.97. The molecule has 1 rings (SSSR count). The molecule has 0 radical (unpaired) electrons. The number of amides is 1. The van der Waals surface area contributed by atoms with E-state index in [1.165, 1.54) is 25.3 Å². The average molecular weight is 274 g/mol. The Hall–Kier alpha value is -1.29. The van der Waals surface area contributed by atoms with Crippen LogP contribution in [0.1, 0.15) is 31.1 Å². The highest BCUT2D eigenvalue weighted by atomic mass is 35.5. The Bertz CT molecular complexity index is 447. The molecule has 1 unspecified atom stereocenters. The van der Waals surface area contributed by atoms with Gasteiger partial charge in [-0.05, 0) is 39.0 Å². The molecule has 1 atom stereocenters. The summed E-state index contributed by atoms with van der Waals surface area (Å²) >= 11 is 5.99. The number of nitrogens with one attached hydrogen (secondary N) is 1. The van der Waals surface area contributed by atoms with E-state index in [0.717, 1.165) is 0 Å². The summed E-state index contributed by atoms with van der Waals surface area (Å²) in [6.45, 7) is 5.44. The second-order valence-electron chi connectivity index (χ2n) is 4.64. The molecule has 1 N–H and O–H groups in total. The molecule has 1 aromatic rings. The quantitative estimate of drug-likeness (QED) is 0.857. The van der Waals surface area contributed by atoms with Gasteiger partial charge in [0.15, 0.2) is 11.6 Å². The van der Waals surface area contributed by atoms with Crippen LogP contribution in [-0.2, 0) is 0 Å². The average Bonchev–Trinajstić information content (AvgIpc) is 2.28. The zero-order valence-corrected chi connectivity index (χ0v) is 11.6. The number of alkyl halides is 1. The third-order valence-electron chi connectivity index (χ3n) is 2.84. The third kappa shape index (κ3) is 3.35. The molecule has 0 saturated carbocycles. The highest BCUT2D eigenvalue weighted by molar-refractivity contribution is 6.21. The number of hydrogen-bond donors (Lipinski definition) is 1. The van der Waals surface area contributed by atoms with Crippen molar-refractivity contribution in [1.29, 1.82) is 0 Å². The van der Waals surface area contributed by atoms with Crippen LogP contribution in [0.15, 0.2) is 18.2 Å². The zero-order chi connectivity index (χ0) is 13.9. The number of ether oxygens (including phenoxy) is 1. The maximum Gasteiger partial charge on any atom is 0.251 e. The van der Waals surface area contributed by atoms with E-state index in [1.807, 2.05) is 13.8 Å². The van der Waals surface area contributed by atoms with Crippen LogP contribution in [0.5, 0.6) is 5.75 Å². The Kier molecular flexibility index (Phi) is 4.57. The van der Waals surface area contributed by atoms with Gasteiger partial charge in [-0.3, -0.25) is 4.79 Å².